The van der Waals surface area contributed by atoms with Crippen LogP contribution in [0, 0.1) is 0 Å². The standard InChI is InChI=1S/C16H23ClN2O/c17-14-7-5-13(6-8-14)12-19(15-9-10-15)16(20)4-2-1-3-11-18/h5-8,15H,1-4,9-12,18H2. The lowest BCUT2D eigenvalue weighted by molar-refractivity contribution is -0.132. The minimum absolute atomic E-state index is 0.277. The zero-order valence-electron chi connectivity index (χ0n) is 11.9. The third-order valence-electron chi connectivity index (χ3n) is 3.67. The van der Waals surface area contributed by atoms with Crippen LogP contribution in [-0.4, -0.2) is 23.4 Å². The molecule has 0 aliphatic heterocycles. The van der Waals surface area contributed by atoms with Crippen molar-refractivity contribution in [1.29, 1.82) is 0 Å². The first-order chi connectivity index (χ1) is 9.70. The smallest absolute Gasteiger partial charge is 0.223 e. The van der Waals surface area contributed by atoms with Crippen molar-refractivity contribution in [1.82, 2.24) is 4.90 Å². The molecule has 1 aliphatic rings. The maximum atomic E-state index is 12.3. The number of nitrogens with zero attached hydrogens (tertiary/aromatic N) is 1. The van der Waals surface area contributed by atoms with E-state index in [1.807, 2.05) is 29.2 Å². The maximum Gasteiger partial charge on any atom is 0.223 e. The number of unbranched alkanes of at least 4 members (excludes halogenated alkanes) is 2. The number of halogens is 1. The van der Waals surface area contributed by atoms with Crippen LogP contribution in [0.1, 0.15) is 44.1 Å². The monoisotopic (exact) mass is 294 g/mol. The van der Waals surface area contributed by atoms with E-state index >= 15 is 0 Å². The van der Waals surface area contributed by atoms with E-state index in [1.54, 1.807) is 0 Å². The van der Waals surface area contributed by atoms with E-state index < -0.39 is 0 Å². The highest BCUT2D eigenvalue weighted by Crippen LogP contribution is 2.29. The lowest BCUT2D eigenvalue weighted by Gasteiger charge is -2.22. The first-order valence-electron chi connectivity index (χ1n) is 7.44. The second-order valence-electron chi connectivity index (χ2n) is 5.48. The van der Waals surface area contributed by atoms with Gasteiger partial charge in [-0.3, -0.25) is 4.79 Å². The molecule has 0 radical (unpaired) electrons. The molecule has 1 aromatic rings. The fourth-order valence-corrected chi connectivity index (χ4v) is 2.46. The van der Waals surface area contributed by atoms with E-state index in [4.69, 9.17) is 17.3 Å². The van der Waals surface area contributed by atoms with Crippen molar-refractivity contribution in [2.24, 2.45) is 5.73 Å². The van der Waals surface area contributed by atoms with Crippen LogP contribution in [0.3, 0.4) is 0 Å². The van der Waals surface area contributed by atoms with Crippen LogP contribution >= 0.6 is 11.6 Å². The van der Waals surface area contributed by atoms with Crippen LogP contribution in [-0.2, 0) is 11.3 Å². The molecule has 0 unspecified atom stereocenters. The third kappa shape index (κ3) is 4.80. The van der Waals surface area contributed by atoms with E-state index in [1.165, 1.54) is 0 Å². The summed E-state index contributed by atoms with van der Waals surface area (Å²) in [7, 11) is 0. The Kier molecular flexibility index (Phi) is 5.86. The number of hydrogen-bond donors (Lipinski definition) is 1. The molecule has 1 saturated carbocycles. The summed E-state index contributed by atoms with van der Waals surface area (Å²) in [6.45, 7) is 1.42. The topological polar surface area (TPSA) is 46.3 Å². The Morgan fingerprint density at radius 2 is 1.90 bits per heavy atom. The van der Waals surface area contributed by atoms with Gasteiger partial charge in [0.2, 0.25) is 5.91 Å². The Morgan fingerprint density at radius 3 is 2.50 bits per heavy atom. The second-order valence-corrected chi connectivity index (χ2v) is 5.92. The summed E-state index contributed by atoms with van der Waals surface area (Å²) in [5.74, 6) is 0.277. The van der Waals surface area contributed by atoms with Crippen molar-refractivity contribution < 1.29 is 4.79 Å². The van der Waals surface area contributed by atoms with E-state index in [0.717, 1.165) is 42.7 Å². The Bertz CT molecular complexity index is 429. The molecule has 2 N–H and O–H groups in total. The quantitative estimate of drug-likeness (QED) is 0.747. The van der Waals surface area contributed by atoms with Gasteiger partial charge in [-0.1, -0.05) is 30.2 Å². The summed E-state index contributed by atoms with van der Waals surface area (Å²) < 4.78 is 0. The normalized spacial score (nSPS) is 14.3. The molecule has 0 aromatic heterocycles. The number of hydrogen-bond acceptors (Lipinski definition) is 2. The zero-order valence-corrected chi connectivity index (χ0v) is 12.6. The molecule has 1 aliphatic carbocycles. The highest BCUT2D eigenvalue weighted by molar-refractivity contribution is 6.30. The minimum Gasteiger partial charge on any atom is -0.335 e. The molecule has 1 aromatic carbocycles. The molecular weight excluding hydrogens is 272 g/mol. The fraction of sp³-hybridized carbons (Fsp3) is 0.562. The summed E-state index contributed by atoms with van der Waals surface area (Å²) in [5.41, 5.74) is 6.62. The van der Waals surface area contributed by atoms with E-state index in [2.05, 4.69) is 0 Å². The van der Waals surface area contributed by atoms with Gasteiger partial charge in [0.25, 0.3) is 0 Å². The van der Waals surface area contributed by atoms with Gasteiger partial charge in [-0.25, -0.2) is 0 Å². The Hall–Kier alpha value is -1.06. The van der Waals surface area contributed by atoms with Crippen molar-refractivity contribution in [3.63, 3.8) is 0 Å². The van der Waals surface area contributed by atoms with Crippen LogP contribution < -0.4 is 5.73 Å². The molecule has 0 heterocycles. The summed E-state index contributed by atoms with van der Waals surface area (Å²) in [6.07, 6.45) is 5.92. The molecule has 4 heteroatoms. The zero-order chi connectivity index (χ0) is 14.4. The van der Waals surface area contributed by atoms with Gasteiger partial charge in [0.1, 0.15) is 0 Å². The van der Waals surface area contributed by atoms with Crippen LogP contribution in [0.25, 0.3) is 0 Å². The first kappa shape index (κ1) is 15.3. The average Bonchev–Trinajstić information content (AvgIpc) is 3.27. The number of carbonyl (C=O) groups excluding carboxylic acids is 1. The third-order valence-corrected chi connectivity index (χ3v) is 3.92. The Labute approximate surface area is 126 Å². The van der Waals surface area contributed by atoms with Crippen LogP contribution in [0.5, 0.6) is 0 Å². The molecule has 110 valence electrons. The highest BCUT2D eigenvalue weighted by atomic mass is 35.5. The molecule has 0 spiro atoms. The van der Waals surface area contributed by atoms with Gasteiger partial charge in [-0.15, -0.1) is 0 Å². The second kappa shape index (κ2) is 7.65. The van der Waals surface area contributed by atoms with Crippen LogP contribution in [0.15, 0.2) is 24.3 Å². The van der Waals surface area contributed by atoms with Gasteiger partial charge in [-0.2, -0.15) is 0 Å². The first-order valence-corrected chi connectivity index (χ1v) is 7.82. The van der Waals surface area contributed by atoms with Crippen molar-refractivity contribution in [3.8, 4) is 0 Å². The number of benzene rings is 1. The van der Waals surface area contributed by atoms with Crippen LogP contribution in [0.2, 0.25) is 5.02 Å². The number of amides is 1. The Morgan fingerprint density at radius 1 is 1.20 bits per heavy atom. The molecular formula is C16H23ClN2O. The lowest BCUT2D eigenvalue weighted by Crippen LogP contribution is -2.32. The molecule has 3 nitrogen and oxygen atoms in total. The SMILES string of the molecule is NCCCCCC(=O)N(Cc1ccc(Cl)cc1)C1CC1. The van der Waals surface area contributed by atoms with Gasteiger partial charge in [-0.05, 0) is 49.9 Å². The van der Waals surface area contributed by atoms with Gasteiger partial charge < -0.3 is 10.6 Å². The molecule has 0 atom stereocenters. The molecule has 2 rings (SSSR count). The van der Waals surface area contributed by atoms with Gasteiger partial charge >= 0.3 is 0 Å². The fourth-order valence-electron chi connectivity index (χ4n) is 2.33. The minimum atomic E-state index is 0.277. The summed E-state index contributed by atoms with van der Waals surface area (Å²) in [6, 6.07) is 8.22. The molecule has 0 saturated heterocycles. The summed E-state index contributed by atoms with van der Waals surface area (Å²) >= 11 is 5.89. The largest absolute Gasteiger partial charge is 0.335 e. The lowest BCUT2D eigenvalue weighted by atomic mass is 10.1. The molecule has 1 fully saturated rings. The van der Waals surface area contributed by atoms with Crippen molar-refractivity contribution in [2.75, 3.05) is 6.54 Å². The molecule has 1 amide bonds. The average molecular weight is 295 g/mol. The number of nitrogens with two attached hydrogens (primary N) is 1. The van der Waals surface area contributed by atoms with E-state index in [9.17, 15) is 4.79 Å². The van der Waals surface area contributed by atoms with Crippen LogP contribution in [0.4, 0.5) is 0 Å². The molecule has 0 bridgehead atoms. The number of carbonyl (C=O) groups is 1. The molecule has 20 heavy (non-hydrogen) atoms. The predicted molar refractivity (Wildman–Crippen MR) is 82.5 cm³/mol. The van der Waals surface area contributed by atoms with Crippen molar-refractivity contribution >= 4 is 17.5 Å². The van der Waals surface area contributed by atoms with Crippen molar-refractivity contribution in [2.45, 2.75) is 51.1 Å². The van der Waals surface area contributed by atoms with Gasteiger partial charge in [0, 0.05) is 24.0 Å². The summed E-state index contributed by atoms with van der Waals surface area (Å²) in [5, 5.41) is 0.736. The number of rotatable bonds is 8. The highest BCUT2D eigenvalue weighted by Gasteiger charge is 2.31. The van der Waals surface area contributed by atoms with E-state index in [-0.39, 0.29) is 5.91 Å². The van der Waals surface area contributed by atoms with E-state index in [0.29, 0.717) is 25.6 Å². The van der Waals surface area contributed by atoms with Crippen molar-refractivity contribution in [3.05, 3.63) is 34.9 Å². The maximum absolute atomic E-state index is 12.3. The summed E-state index contributed by atoms with van der Waals surface area (Å²) in [4.78, 5) is 14.4. The Balaban J connectivity index is 1.86. The van der Waals surface area contributed by atoms with Gasteiger partial charge in [0.15, 0.2) is 0 Å². The predicted octanol–water partition coefficient (Wildman–Crippen LogP) is 3.35. The van der Waals surface area contributed by atoms with Gasteiger partial charge in [0.05, 0.1) is 0 Å².